The fourth-order valence-corrected chi connectivity index (χ4v) is 4.54. The van der Waals surface area contributed by atoms with E-state index in [1.54, 1.807) is 0 Å². The van der Waals surface area contributed by atoms with E-state index in [4.69, 9.17) is 4.98 Å². The molecular weight excluding hydrogens is 320 g/mol. The first kappa shape index (κ1) is 16.2. The zero-order valence-electron chi connectivity index (χ0n) is 14.2. The Morgan fingerprint density at radius 2 is 1.88 bits per heavy atom. The van der Waals surface area contributed by atoms with Crippen LogP contribution in [0.5, 0.6) is 0 Å². The van der Waals surface area contributed by atoms with Crippen LogP contribution in [0.25, 0.3) is 0 Å². The van der Waals surface area contributed by atoms with Crippen LogP contribution < -0.4 is 4.90 Å². The highest BCUT2D eigenvalue weighted by atomic mass is 32.2. The molecule has 0 bridgehead atoms. The molecule has 0 aromatic carbocycles. The first-order valence-electron chi connectivity index (χ1n) is 9.23. The van der Waals surface area contributed by atoms with Gasteiger partial charge in [0.25, 0.3) is 0 Å². The molecule has 2 aliphatic heterocycles. The van der Waals surface area contributed by atoms with Gasteiger partial charge in [-0.3, -0.25) is 4.79 Å². The van der Waals surface area contributed by atoms with Crippen molar-refractivity contribution in [2.24, 2.45) is 5.92 Å². The van der Waals surface area contributed by atoms with Crippen molar-refractivity contribution in [3.63, 3.8) is 0 Å². The highest BCUT2D eigenvalue weighted by molar-refractivity contribution is 7.99. The van der Waals surface area contributed by atoms with E-state index in [-0.39, 0.29) is 0 Å². The molecule has 0 atom stereocenters. The third kappa shape index (κ3) is 3.85. The summed E-state index contributed by atoms with van der Waals surface area (Å²) in [6.07, 6.45) is 7.30. The number of aromatic nitrogens is 2. The molecule has 24 heavy (non-hydrogen) atoms. The number of hydrogen-bond donors (Lipinski definition) is 0. The Hall–Kier alpha value is -1.30. The second-order valence-electron chi connectivity index (χ2n) is 7.18. The van der Waals surface area contributed by atoms with Crippen molar-refractivity contribution >= 4 is 23.5 Å². The number of anilines is 1. The predicted octanol–water partition coefficient (Wildman–Crippen LogP) is 2.54. The molecule has 130 valence electrons. The largest absolute Gasteiger partial charge is 0.356 e. The minimum Gasteiger partial charge on any atom is -0.356 e. The van der Waals surface area contributed by atoms with Crippen LogP contribution in [0.2, 0.25) is 0 Å². The summed E-state index contributed by atoms with van der Waals surface area (Å²) in [6.45, 7) is 3.89. The van der Waals surface area contributed by atoms with Gasteiger partial charge in [0.05, 0.1) is 0 Å². The number of piperidine rings is 1. The Morgan fingerprint density at radius 3 is 2.58 bits per heavy atom. The van der Waals surface area contributed by atoms with Gasteiger partial charge >= 0.3 is 0 Å². The van der Waals surface area contributed by atoms with E-state index in [0.29, 0.717) is 17.7 Å². The van der Waals surface area contributed by atoms with Crippen LogP contribution >= 0.6 is 11.8 Å². The maximum Gasteiger partial charge on any atom is 0.222 e. The number of amides is 1. The standard InChI is InChI=1S/C18H26N4OS/c23-17(22-9-11-24-12-10-22)13-14-4-7-21(8-5-14)16-3-6-19-18(20-16)15-1-2-15/h3,6,14-15H,1-2,4-5,7-13H2. The van der Waals surface area contributed by atoms with E-state index >= 15 is 0 Å². The van der Waals surface area contributed by atoms with Crippen molar-refractivity contribution in [1.82, 2.24) is 14.9 Å². The van der Waals surface area contributed by atoms with Gasteiger partial charge in [-0.1, -0.05) is 0 Å². The topological polar surface area (TPSA) is 49.3 Å². The minimum atomic E-state index is 0.367. The lowest BCUT2D eigenvalue weighted by Crippen LogP contribution is -2.40. The van der Waals surface area contributed by atoms with Crippen molar-refractivity contribution in [1.29, 1.82) is 0 Å². The van der Waals surface area contributed by atoms with E-state index in [0.717, 1.165) is 68.6 Å². The number of rotatable bonds is 4. The zero-order chi connectivity index (χ0) is 16.4. The molecule has 0 radical (unpaired) electrons. The second-order valence-corrected chi connectivity index (χ2v) is 8.40. The van der Waals surface area contributed by atoms with Crippen LogP contribution in [-0.4, -0.2) is 58.5 Å². The molecule has 1 aliphatic carbocycles. The Kier molecular flexibility index (Phi) is 4.92. The molecule has 6 heteroatoms. The lowest BCUT2D eigenvalue weighted by atomic mass is 9.93. The lowest BCUT2D eigenvalue weighted by molar-refractivity contribution is -0.132. The normalized spacial score (nSPS) is 22.7. The number of nitrogens with zero attached hydrogens (tertiary/aromatic N) is 4. The van der Waals surface area contributed by atoms with Crippen LogP contribution in [0.1, 0.15) is 43.8 Å². The number of carbonyl (C=O) groups excluding carboxylic acids is 1. The highest BCUT2D eigenvalue weighted by Gasteiger charge is 2.28. The van der Waals surface area contributed by atoms with Crippen LogP contribution in [0.4, 0.5) is 5.82 Å². The fourth-order valence-electron chi connectivity index (χ4n) is 3.63. The molecule has 3 heterocycles. The van der Waals surface area contributed by atoms with Crippen LogP contribution in [-0.2, 0) is 4.79 Å². The molecule has 1 amide bonds. The molecule has 0 N–H and O–H groups in total. The van der Waals surface area contributed by atoms with E-state index in [1.807, 2.05) is 24.0 Å². The number of thioether (sulfide) groups is 1. The summed E-state index contributed by atoms with van der Waals surface area (Å²) in [4.78, 5) is 26.0. The molecule has 3 fully saturated rings. The third-order valence-corrected chi connectivity index (χ3v) is 6.31. The maximum atomic E-state index is 12.4. The first-order chi connectivity index (χ1) is 11.8. The molecule has 0 spiro atoms. The lowest BCUT2D eigenvalue weighted by Gasteiger charge is -2.34. The van der Waals surface area contributed by atoms with Gasteiger partial charge in [-0.25, -0.2) is 9.97 Å². The monoisotopic (exact) mass is 346 g/mol. The second kappa shape index (κ2) is 7.30. The van der Waals surface area contributed by atoms with Crippen molar-refractivity contribution < 1.29 is 4.79 Å². The van der Waals surface area contributed by atoms with Crippen molar-refractivity contribution in [2.75, 3.05) is 42.6 Å². The van der Waals surface area contributed by atoms with E-state index in [1.165, 1.54) is 12.8 Å². The van der Waals surface area contributed by atoms with E-state index in [9.17, 15) is 4.79 Å². The highest BCUT2D eigenvalue weighted by Crippen LogP contribution is 2.38. The molecule has 2 saturated heterocycles. The third-order valence-electron chi connectivity index (χ3n) is 5.37. The number of hydrogen-bond acceptors (Lipinski definition) is 5. The summed E-state index contributed by atoms with van der Waals surface area (Å²) in [5.41, 5.74) is 0. The van der Waals surface area contributed by atoms with Gasteiger partial charge in [-0.15, -0.1) is 0 Å². The summed E-state index contributed by atoms with van der Waals surface area (Å²) in [5, 5.41) is 0. The van der Waals surface area contributed by atoms with Gasteiger partial charge in [0.2, 0.25) is 5.91 Å². The summed E-state index contributed by atoms with van der Waals surface area (Å²) < 4.78 is 0. The van der Waals surface area contributed by atoms with E-state index < -0.39 is 0 Å². The Labute approximate surface area is 148 Å². The summed E-state index contributed by atoms with van der Waals surface area (Å²) in [7, 11) is 0. The quantitative estimate of drug-likeness (QED) is 0.838. The summed E-state index contributed by atoms with van der Waals surface area (Å²) >= 11 is 1.95. The maximum absolute atomic E-state index is 12.4. The first-order valence-corrected chi connectivity index (χ1v) is 10.4. The molecule has 0 unspecified atom stereocenters. The molecule has 1 aromatic heterocycles. The van der Waals surface area contributed by atoms with Gasteiger partial charge < -0.3 is 9.80 Å². The Bertz CT molecular complexity index is 578. The summed E-state index contributed by atoms with van der Waals surface area (Å²) in [5.74, 6) is 5.79. The average Bonchev–Trinajstić information content (AvgIpc) is 3.48. The van der Waals surface area contributed by atoms with Gasteiger partial charge in [-0.2, -0.15) is 11.8 Å². The Morgan fingerprint density at radius 1 is 1.12 bits per heavy atom. The van der Waals surface area contributed by atoms with E-state index in [2.05, 4.69) is 14.8 Å². The minimum absolute atomic E-state index is 0.367. The molecule has 1 saturated carbocycles. The molecule has 5 nitrogen and oxygen atoms in total. The molecular formula is C18H26N4OS. The zero-order valence-corrected chi connectivity index (χ0v) is 15.0. The van der Waals surface area contributed by atoms with Crippen molar-refractivity contribution in [2.45, 2.75) is 38.0 Å². The van der Waals surface area contributed by atoms with Crippen LogP contribution in [0, 0.1) is 5.92 Å². The van der Waals surface area contributed by atoms with Gasteiger partial charge in [0.15, 0.2) is 0 Å². The average molecular weight is 347 g/mol. The van der Waals surface area contributed by atoms with Gasteiger partial charge in [0, 0.05) is 56.2 Å². The Balaban J connectivity index is 1.28. The van der Waals surface area contributed by atoms with Crippen molar-refractivity contribution in [3.05, 3.63) is 18.1 Å². The summed E-state index contributed by atoms with van der Waals surface area (Å²) in [6, 6.07) is 2.03. The fraction of sp³-hybridized carbons (Fsp3) is 0.722. The molecule has 4 rings (SSSR count). The number of carbonyl (C=O) groups is 1. The molecule has 1 aromatic rings. The van der Waals surface area contributed by atoms with Crippen LogP contribution in [0.3, 0.4) is 0 Å². The van der Waals surface area contributed by atoms with Crippen molar-refractivity contribution in [3.8, 4) is 0 Å². The predicted molar refractivity (Wildman–Crippen MR) is 97.5 cm³/mol. The van der Waals surface area contributed by atoms with Crippen LogP contribution in [0.15, 0.2) is 12.3 Å². The smallest absolute Gasteiger partial charge is 0.222 e. The van der Waals surface area contributed by atoms with Gasteiger partial charge in [0.1, 0.15) is 11.6 Å². The van der Waals surface area contributed by atoms with Gasteiger partial charge in [-0.05, 0) is 37.7 Å². The SMILES string of the molecule is O=C(CC1CCN(c2ccnc(C3CC3)n2)CC1)N1CCSCC1. The molecule has 3 aliphatic rings.